The normalized spacial score (nSPS) is 11.3. The number of nitrogens with two attached hydrogens (primary N) is 1. The molecule has 3 aromatic rings. The highest BCUT2D eigenvalue weighted by Crippen LogP contribution is 2.06. The molecule has 2 aromatic carbocycles. The van der Waals surface area contributed by atoms with Crippen molar-refractivity contribution < 1.29 is 9.88 Å². The van der Waals surface area contributed by atoms with Crippen LogP contribution in [-0.4, -0.2) is 0 Å². The number of hydrogen-bond acceptors (Lipinski definition) is 0. The predicted molar refractivity (Wildman–Crippen MR) is 115 cm³/mol. The smallest absolute Gasteiger partial charge is 0.210 e. The monoisotopic (exact) mass is 366 g/mol. The van der Waals surface area contributed by atoms with E-state index in [1.165, 1.54) is 11.3 Å². The standard InChI is InChI=1S/C26H25N2/c1-3-9-23(16-19-27-26-13-8-7-10-22(26)2)14-15-24-17-20-28(21-18-24)25-11-5-4-6-12-25/h4-13,16-21,27H,3H2,1-2H3/q+1/p+1/b19-16-,23-9-. The Morgan fingerprint density at radius 2 is 1.68 bits per heavy atom. The van der Waals surface area contributed by atoms with Gasteiger partial charge in [0.1, 0.15) is 5.69 Å². The molecule has 0 saturated heterocycles. The van der Waals surface area contributed by atoms with Crippen molar-refractivity contribution in [1.82, 2.24) is 0 Å². The van der Waals surface area contributed by atoms with Crippen LogP contribution in [0.5, 0.6) is 0 Å². The van der Waals surface area contributed by atoms with Crippen molar-refractivity contribution in [3.63, 3.8) is 0 Å². The average Bonchev–Trinajstić information content (AvgIpc) is 2.74. The number of pyridine rings is 1. The molecule has 0 radical (unpaired) electrons. The number of aromatic nitrogens is 1. The number of allylic oxidation sites excluding steroid dienone is 3. The Balaban J connectivity index is 1.70. The van der Waals surface area contributed by atoms with Crippen LogP contribution in [0.25, 0.3) is 5.69 Å². The molecule has 0 saturated carbocycles. The number of benzene rings is 2. The molecule has 1 aromatic heterocycles. The summed E-state index contributed by atoms with van der Waals surface area (Å²) in [6, 6.07) is 22.7. The summed E-state index contributed by atoms with van der Waals surface area (Å²) < 4.78 is 2.09. The maximum atomic E-state index is 3.29. The second-order valence-electron chi connectivity index (χ2n) is 6.53. The maximum Gasteiger partial charge on any atom is 0.210 e. The van der Waals surface area contributed by atoms with Gasteiger partial charge in [-0.3, -0.25) is 5.32 Å². The van der Waals surface area contributed by atoms with Gasteiger partial charge in [0.2, 0.25) is 5.69 Å². The summed E-state index contributed by atoms with van der Waals surface area (Å²) in [4.78, 5) is 0. The van der Waals surface area contributed by atoms with E-state index in [0.29, 0.717) is 0 Å². The molecule has 0 aliphatic heterocycles. The van der Waals surface area contributed by atoms with Crippen LogP contribution in [0, 0.1) is 18.8 Å². The van der Waals surface area contributed by atoms with Crippen LogP contribution in [0.4, 0.5) is 5.69 Å². The number of rotatable bonds is 5. The van der Waals surface area contributed by atoms with Crippen LogP contribution >= 0.6 is 0 Å². The first kappa shape index (κ1) is 19.4. The summed E-state index contributed by atoms with van der Waals surface area (Å²) in [5.41, 5.74) is 5.69. The van der Waals surface area contributed by atoms with Crippen LogP contribution in [0.1, 0.15) is 24.5 Å². The zero-order valence-electron chi connectivity index (χ0n) is 16.5. The molecule has 3 rings (SSSR count). The highest BCUT2D eigenvalue weighted by Gasteiger charge is 2.03. The third-order valence-electron chi connectivity index (χ3n) is 4.40. The largest absolute Gasteiger partial charge is 0.287 e. The third-order valence-corrected chi connectivity index (χ3v) is 4.40. The first-order chi connectivity index (χ1) is 13.8. The molecule has 2 heteroatoms. The molecule has 0 atom stereocenters. The molecule has 2 nitrogen and oxygen atoms in total. The lowest BCUT2D eigenvalue weighted by molar-refractivity contribution is -0.595. The Hall–Kier alpha value is -3.41. The highest BCUT2D eigenvalue weighted by molar-refractivity contribution is 5.44. The van der Waals surface area contributed by atoms with Crippen molar-refractivity contribution in [1.29, 1.82) is 0 Å². The van der Waals surface area contributed by atoms with Gasteiger partial charge in [-0.25, -0.2) is 0 Å². The Morgan fingerprint density at radius 3 is 2.39 bits per heavy atom. The molecule has 0 amide bonds. The minimum absolute atomic E-state index is 0.960. The molecule has 0 bridgehead atoms. The van der Waals surface area contributed by atoms with E-state index in [2.05, 4.69) is 90.3 Å². The van der Waals surface area contributed by atoms with Gasteiger partial charge in [0.15, 0.2) is 12.4 Å². The minimum Gasteiger partial charge on any atom is -0.287 e. The van der Waals surface area contributed by atoms with Crippen LogP contribution < -0.4 is 9.88 Å². The van der Waals surface area contributed by atoms with E-state index in [1.54, 1.807) is 0 Å². The number of quaternary nitrogens is 1. The minimum atomic E-state index is 0.960. The summed E-state index contributed by atoms with van der Waals surface area (Å²) >= 11 is 0. The zero-order valence-corrected chi connectivity index (χ0v) is 16.5. The summed E-state index contributed by atoms with van der Waals surface area (Å²) in [5.74, 6) is 6.56. The van der Waals surface area contributed by atoms with Gasteiger partial charge in [0, 0.05) is 47.0 Å². The fourth-order valence-corrected chi connectivity index (χ4v) is 2.84. The van der Waals surface area contributed by atoms with E-state index in [9.17, 15) is 0 Å². The zero-order chi connectivity index (χ0) is 19.6. The summed E-state index contributed by atoms with van der Waals surface area (Å²) in [6.07, 6.45) is 11.4. The van der Waals surface area contributed by atoms with Crippen LogP contribution in [0.2, 0.25) is 0 Å². The van der Waals surface area contributed by atoms with Gasteiger partial charge in [-0.15, -0.1) is 0 Å². The first-order valence-corrected chi connectivity index (χ1v) is 9.62. The fourth-order valence-electron chi connectivity index (χ4n) is 2.84. The molecule has 0 aliphatic carbocycles. The van der Waals surface area contributed by atoms with Crippen LogP contribution in [0.15, 0.2) is 103 Å². The maximum absolute atomic E-state index is 3.29. The van der Waals surface area contributed by atoms with Crippen molar-refractivity contribution in [2.24, 2.45) is 0 Å². The Morgan fingerprint density at radius 1 is 0.964 bits per heavy atom. The van der Waals surface area contributed by atoms with Gasteiger partial charge >= 0.3 is 0 Å². The van der Waals surface area contributed by atoms with E-state index < -0.39 is 0 Å². The molecule has 0 unspecified atom stereocenters. The lowest BCUT2D eigenvalue weighted by Gasteiger charge is -1.98. The predicted octanol–water partition coefficient (Wildman–Crippen LogP) is 4.37. The van der Waals surface area contributed by atoms with Gasteiger partial charge in [0.05, 0.1) is 6.20 Å². The van der Waals surface area contributed by atoms with Crippen molar-refractivity contribution >= 4 is 5.69 Å². The quantitative estimate of drug-likeness (QED) is 0.300. The molecule has 28 heavy (non-hydrogen) atoms. The number of para-hydroxylation sites is 2. The van der Waals surface area contributed by atoms with E-state index in [4.69, 9.17) is 0 Å². The summed E-state index contributed by atoms with van der Waals surface area (Å²) in [5, 5.41) is 2.13. The number of hydrogen-bond donors (Lipinski definition) is 1. The number of nitrogens with zero attached hydrogens (tertiary/aromatic N) is 1. The van der Waals surface area contributed by atoms with E-state index in [0.717, 1.165) is 23.2 Å². The van der Waals surface area contributed by atoms with Crippen molar-refractivity contribution in [2.45, 2.75) is 20.3 Å². The Kier molecular flexibility index (Phi) is 6.95. The summed E-state index contributed by atoms with van der Waals surface area (Å²) in [6.45, 7) is 4.26. The Bertz CT molecular complexity index is 1020. The van der Waals surface area contributed by atoms with Crippen LogP contribution in [-0.2, 0) is 0 Å². The highest BCUT2D eigenvalue weighted by atomic mass is 14.9. The van der Waals surface area contributed by atoms with Crippen molar-refractivity contribution in [3.05, 3.63) is 114 Å². The second kappa shape index (κ2) is 10.1. The summed E-state index contributed by atoms with van der Waals surface area (Å²) in [7, 11) is 0. The third kappa shape index (κ3) is 5.54. The molecular weight excluding hydrogens is 340 g/mol. The van der Waals surface area contributed by atoms with Crippen LogP contribution in [0.3, 0.4) is 0 Å². The SMILES string of the molecule is CC/C=C(C#Cc1cc[n+](-c2ccccc2)cc1)\C=C/[NH2+]c1ccccc1C. The van der Waals surface area contributed by atoms with E-state index >= 15 is 0 Å². The van der Waals surface area contributed by atoms with Crippen molar-refractivity contribution in [2.75, 3.05) is 0 Å². The number of aryl methyl sites for hydroxylation is 1. The molecule has 0 fully saturated rings. The molecule has 138 valence electrons. The van der Waals surface area contributed by atoms with E-state index in [1.807, 2.05) is 42.7 Å². The van der Waals surface area contributed by atoms with Gasteiger partial charge in [0.25, 0.3) is 0 Å². The lowest BCUT2D eigenvalue weighted by atomic mass is 10.2. The molecule has 1 heterocycles. The molecule has 2 N–H and O–H groups in total. The van der Waals surface area contributed by atoms with Gasteiger partial charge in [-0.05, 0) is 19.4 Å². The first-order valence-electron chi connectivity index (χ1n) is 9.62. The second-order valence-corrected chi connectivity index (χ2v) is 6.53. The van der Waals surface area contributed by atoms with Gasteiger partial charge in [-0.1, -0.05) is 61.2 Å². The fraction of sp³-hybridized carbons (Fsp3) is 0.115. The van der Waals surface area contributed by atoms with Gasteiger partial charge in [-0.2, -0.15) is 4.57 Å². The molecular formula is C26H26N2+2. The Labute approximate surface area is 167 Å². The van der Waals surface area contributed by atoms with Gasteiger partial charge < -0.3 is 0 Å². The molecule has 0 spiro atoms. The van der Waals surface area contributed by atoms with E-state index in [-0.39, 0.29) is 0 Å². The topological polar surface area (TPSA) is 20.5 Å². The molecule has 0 aliphatic rings. The van der Waals surface area contributed by atoms with Crippen molar-refractivity contribution in [3.8, 4) is 17.5 Å². The lowest BCUT2D eigenvalue weighted by Crippen LogP contribution is -2.71. The average molecular weight is 367 g/mol.